The van der Waals surface area contributed by atoms with Crippen molar-refractivity contribution < 1.29 is 4.79 Å². The molecule has 19 heavy (non-hydrogen) atoms. The van der Waals surface area contributed by atoms with E-state index in [0.717, 1.165) is 37.1 Å². The smallest absolute Gasteiger partial charge is 0.223 e. The summed E-state index contributed by atoms with van der Waals surface area (Å²) < 4.78 is 0. The van der Waals surface area contributed by atoms with Crippen LogP contribution in [0.15, 0.2) is 18.2 Å². The molecule has 1 aliphatic rings. The van der Waals surface area contributed by atoms with Gasteiger partial charge in [0.15, 0.2) is 0 Å². The van der Waals surface area contributed by atoms with Gasteiger partial charge in [-0.2, -0.15) is 5.10 Å². The molecule has 4 heteroatoms. The fourth-order valence-electron chi connectivity index (χ4n) is 2.46. The van der Waals surface area contributed by atoms with Crippen LogP contribution in [0.3, 0.4) is 0 Å². The Morgan fingerprint density at radius 3 is 3.11 bits per heavy atom. The molecule has 1 aliphatic carbocycles. The first-order valence-electron chi connectivity index (χ1n) is 7.12. The molecule has 4 nitrogen and oxygen atoms in total. The van der Waals surface area contributed by atoms with Crippen molar-refractivity contribution in [2.45, 2.75) is 45.6 Å². The maximum atomic E-state index is 12.1. The maximum Gasteiger partial charge on any atom is 0.223 e. The van der Waals surface area contributed by atoms with Crippen molar-refractivity contribution >= 4 is 5.91 Å². The van der Waals surface area contributed by atoms with Crippen LogP contribution in [0.5, 0.6) is 0 Å². The van der Waals surface area contributed by atoms with Gasteiger partial charge < -0.3 is 4.90 Å². The molecule has 0 saturated heterocycles. The van der Waals surface area contributed by atoms with Gasteiger partial charge in [0.1, 0.15) is 0 Å². The van der Waals surface area contributed by atoms with Crippen LogP contribution < -0.4 is 0 Å². The Labute approximate surface area is 114 Å². The normalized spacial score (nSPS) is 17.9. The average molecular weight is 261 g/mol. The number of nitrogens with zero attached hydrogens (tertiary/aromatic N) is 2. The number of carbonyl (C=O) groups excluding carboxylic acids is 1. The summed E-state index contributed by atoms with van der Waals surface area (Å²) in [6, 6.07) is 2.06. The first kappa shape index (κ1) is 13.8. The van der Waals surface area contributed by atoms with Gasteiger partial charge in [0.2, 0.25) is 5.91 Å². The van der Waals surface area contributed by atoms with E-state index >= 15 is 0 Å². The van der Waals surface area contributed by atoms with Crippen LogP contribution in [0, 0.1) is 5.92 Å². The Balaban J connectivity index is 1.83. The fourth-order valence-corrected chi connectivity index (χ4v) is 2.46. The van der Waals surface area contributed by atoms with E-state index in [4.69, 9.17) is 0 Å². The van der Waals surface area contributed by atoms with E-state index in [1.165, 1.54) is 0 Å². The number of aromatic nitrogens is 2. The van der Waals surface area contributed by atoms with E-state index in [2.05, 4.69) is 35.3 Å². The Morgan fingerprint density at radius 2 is 2.42 bits per heavy atom. The van der Waals surface area contributed by atoms with Crippen LogP contribution in [0.25, 0.3) is 0 Å². The van der Waals surface area contributed by atoms with Crippen molar-refractivity contribution in [3.8, 4) is 0 Å². The molecule has 0 unspecified atom stereocenters. The molecule has 0 aliphatic heterocycles. The first-order valence-corrected chi connectivity index (χ1v) is 7.12. The SMILES string of the molecule is CCCc1cc(CN(C)C(=O)C[C@H]2C=CCC2)[nH]n1. The van der Waals surface area contributed by atoms with Crippen LogP contribution in [0.1, 0.15) is 44.0 Å². The fraction of sp³-hybridized carbons (Fsp3) is 0.600. The van der Waals surface area contributed by atoms with Gasteiger partial charge in [0.05, 0.1) is 17.9 Å². The summed E-state index contributed by atoms with van der Waals surface area (Å²) in [6.07, 6.45) is 9.27. The van der Waals surface area contributed by atoms with Crippen molar-refractivity contribution in [2.24, 2.45) is 5.92 Å². The zero-order valence-corrected chi connectivity index (χ0v) is 11.9. The molecule has 0 radical (unpaired) electrons. The molecule has 1 heterocycles. The lowest BCUT2D eigenvalue weighted by Crippen LogP contribution is -2.27. The summed E-state index contributed by atoms with van der Waals surface area (Å²) in [5.74, 6) is 0.649. The number of aryl methyl sites for hydroxylation is 1. The molecule has 1 N–H and O–H groups in total. The highest BCUT2D eigenvalue weighted by molar-refractivity contribution is 5.76. The van der Waals surface area contributed by atoms with Gasteiger partial charge in [-0.3, -0.25) is 9.89 Å². The number of carbonyl (C=O) groups is 1. The van der Waals surface area contributed by atoms with Crippen molar-refractivity contribution in [1.29, 1.82) is 0 Å². The lowest BCUT2D eigenvalue weighted by molar-refractivity contribution is -0.131. The van der Waals surface area contributed by atoms with Crippen LogP contribution in [-0.2, 0) is 17.8 Å². The third kappa shape index (κ3) is 3.94. The van der Waals surface area contributed by atoms with Crippen molar-refractivity contribution in [3.05, 3.63) is 29.6 Å². The lowest BCUT2D eigenvalue weighted by atomic mass is 10.0. The predicted molar refractivity (Wildman–Crippen MR) is 75.5 cm³/mol. The van der Waals surface area contributed by atoms with Gasteiger partial charge in [0, 0.05) is 13.5 Å². The maximum absolute atomic E-state index is 12.1. The molecule has 1 atom stereocenters. The molecular formula is C15H23N3O. The summed E-state index contributed by atoms with van der Waals surface area (Å²) in [4.78, 5) is 13.9. The topological polar surface area (TPSA) is 49.0 Å². The number of allylic oxidation sites excluding steroid dienone is 2. The Morgan fingerprint density at radius 1 is 1.58 bits per heavy atom. The van der Waals surface area contributed by atoms with Crippen molar-refractivity contribution in [2.75, 3.05) is 7.05 Å². The van der Waals surface area contributed by atoms with Crippen molar-refractivity contribution in [1.82, 2.24) is 15.1 Å². The van der Waals surface area contributed by atoms with Crippen LogP contribution in [-0.4, -0.2) is 28.1 Å². The Hall–Kier alpha value is -1.58. The number of H-pyrrole nitrogens is 1. The van der Waals surface area contributed by atoms with Gasteiger partial charge in [0.25, 0.3) is 0 Å². The minimum Gasteiger partial charge on any atom is -0.340 e. The zero-order valence-electron chi connectivity index (χ0n) is 11.9. The average Bonchev–Trinajstić information content (AvgIpc) is 3.02. The van der Waals surface area contributed by atoms with Crippen LogP contribution in [0.4, 0.5) is 0 Å². The van der Waals surface area contributed by atoms with E-state index in [-0.39, 0.29) is 5.91 Å². The van der Waals surface area contributed by atoms with E-state index in [1.807, 2.05) is 7.05 Å². The van der Waals surface area contributed by atoms with Gasteiger partial charge >= 0.3 is 0 Å². The minimum absolute atomic E-state index is 0.211. The molecular weight excluding hydrogens is 238 g/mol. The molecule has 1 aromatic rings. The van der Waals surface area contributed by atoms with Gasteiger partial charge in [-0.15, -0.1) is 0 Å². The summed E-state index contributed by atoms with van der Waals surface area (Å²) in [6.45, 7) is 2.76. The second-order valence-electron chi connectivity index (χ2n) is 5.35. The highest BCUT2D eigenvalue weighted by Gasteiger charge is 2.17. The zero-order chi connectivity index (χ0) is 13.7. The molecule has 0 saturated carbocycles. The second-order valence-corrected chi connectivity index (χ2v) is 5.35. The number of amides is 1. The lowest BCUT2D eigenvalue weighted by Gasteiger charge is -2.17. The number of hydrogen-bond donors (Lipinski definition) is 1. The highest BCUT2D eigenvalue weighted by Crippen LogP contribution is 2.21. The highest BCUT2D eigenvalue weighted by atomic mass is 16.2. The minimum atomic E-state index is 0.211. The van der Waals surface area contributed by atoms with Crippen LogP contribution in [0.2, 0.25) is 0 Å². The number of hydrogen-bond acceptors (Lipinski definition) is 2. The number of nitrogens with one attached hydrogen (secondary N) is 1. The number of aromatic amines is 1. The summed E-state index contributed by atoms with van der Waals surface area (Å²) >= 11 is 0. The van der Waals surface area contributed by atoms with Crippen LogP contribution >= 0.6 is 0 Å². The standard InChI is InChI=1S/C15H23N3O/c1-3-6-13-10-14(17-16-13)11-18(2)15(19)9-12-7-4-5-8-12/h4,7,10,12H,3,5-6,8-9,11H2,1-2H3,(H,16,17)/t12-/m0/s1. The second kappa shape index (κ2) is 6.55. The molecule has 0 aromatic carbocycles. The van der Waals surface area contributed by atoms with Gasteiger partial charge in [-0.25, -0.2) is 0 Å². The molecule has 0 fully saturated rings. The van der Waals surface area contributed by atoms with E-state index in [0.29, 0.717) is 18.9 Å². The summed E-state index contributed by atoms with van der Waals surface area (Å²) in [5, 5.41) is 7.26. The molecule has 1 aromatic heterocycles. The quantitative estimate of drug-likeness (QED) is 0.800. The van der Waals surface area contributed by atoms with Gasteiger partial charge in [-0.05, 0) is 31.2 Å². The third-order valence-electron chi connectivity index (χ3n) is 3.57. The number of rotatable bonds is 6. The summed E-state index contributed by atoms with van der Waals surface area (Å²) in [5.41, 5.74) is 2.10. The molecule has 1 amide bonds. The predicted octanol–water partition coefficient (Wildman–Crippen LogP) is 2.68. The van der Waals surface area contributed by atoms with Crippen molar-refractivity contribution in [3.63, 3.8) is 0 Å². The van der Waals surface area contributed by atoms with E-state index < -0.39 is 0 Å². The molecule has 0 spiro atoms. The molecule has 0 bridgehead atoms. The van der Waals surface area contributed by atoms with E-state index in [1.54, 1.807) is 4.90 Å². The van der Waals surface area contributed by atoms with E-state index in [9.17, 15) is 4.79 Å². The first-order chi connectivity index (χ1) is 9.19. The Bertz CT molecular complexity index is 450. The Kier molecular flexibility index (Phi) is 4.77. The molecule has 2 rings (SSSR count). The molecule has 104 valence electrons. The third-order valence-corrected chi connectivity index (χ3v) is 3.57. The summed E-state index contributed by atoms with van der Waals surface area (Å²) in [7, 11) is 1.86. The van der Waals surface area contributed by atoms with Gasteiger partial charge in [-0.1, -0.05) is 25.5 Å². The monoisotopic (exact) mass is 261 g/mol. The largest absolute Gasteiger partial charge is 0.340 e.